The molecular weight excluding hydrogens is 433 g/mol. The standard InChI is InChI=1S/C23H19F3N6O/c1-13-9-15(6-7-17(13)23(24,25)26)31-12-14(2)32-20(22(31)33)16(10-29-32)19-11-28-21(30-19)18-5-3-4-8-27-18/h3-11,14H,12H2,1-2H3,(H,28,30)/t14-/m0/s1. The normalized spacial score (nSPS) is 16.2. The molecule has 0 bridgehead atoms. The number of aromatic amines is 1. The van der Waals surface area contributed by atoms with E-state index >= 15 is 0 Å². The van der Waals surface area contributed by atoms with E-state index in [-0.39, 0.29) is 17.5 Å². The lowest BCUT2D eigenvalue weighted by atomic mass is 10.0. The maximum Gasteiger partial charge on any atom is 0.416 e. The van der Waals surface area contributed by atoms with Gasteiger partial charge in [-0.15, -0.1) is 0 Å². The Balaban J connectivity index is 1.53. The molecule has 3 aromatic heterocycles. The first-order valence-electron chi connectivity index (χ1n) is 10.3. The van der Waals surface area contributed by atoms with Gasteiger partial charge in [-0.2, -0.15) is 18.3 Å². The van der Waals surface area contributed by atoms with E-state index in [2.05, 4.69) is 20.1 Å². The van der Waals surface area contributed by atoms with Gasteiger partial charge in [-0.3, -0.25) is 14.5 Å². The van der Waals surface area contributed by atoms with Crippen molar-refractivity contribution in [3.63, 3.8) is 0 Å². The van der Waals surface area contributed by atoms with Crippen LogP contribution in [0.5, 0.6) is 0 Å². The number of rotatable bonds is 3. The third-order valence-electron chi connectivity index (χ3n) is 5.71. The molecule has 10 heteroatoms. The van der Waals surface area contributed by atoms with Crippen molar-refractivity contribution in [2.45, 2.75) is 26.1 Å². The lowest BCUT2D eigenvalue weighted by molar-refractivity contribution is -0.138. The van der Waals surface area contributed by atoms with E-state index in [4.69, 9.17) is 0 Å². The summed E-state index contributed by atoms with van der Waals surface area (Å²) in [6.45, 7) is 3.59. The molecule has 0 unspecified atom stereocenters. The summed E-state index contributed by atoms with van der Waals surface area (Å²) >= 11 is 0. The predicted octanol–water partition coefficient (Wildman–Crippen LogP) is 4.88. The Bertz CT molecular complexity index is 1340. The molecule has 0 radical (unpaired) electrons. The highest BCUT2D eigenvalue weighted by Gasteiger charge is 2.36. The zero-order valence-electron chi connectivity index (χ0n) is 17.8. The molecule has 4 aromatic rings. The van der Waals surface area contributed by atoms with E-state index in [1.807, 2.05) is 19.1 Å². The van der Waals surface area contributed by atoms with Crippen molar-refractivity contribution in [3.05, 3.63) is 71.8 Å². The third kappa shape index (κ3) is 3.57. The van der Waals surface area contributed by atoms with Gasteiger partial charge in [0.1, 0.15) is 11.4 Å². The number of H-pyrrole nitrogens is 1. The van der Waals surface area contributed by atoms with Gasteiger partial charge in [-0.1, -0.05) is 6.07 Å². The second-order valence-electron chi connectivity index (χ2n) is 7.97. The summed E-state index contributed by atoms with van der Waals surface area (Å²) in [5.74, 6) is 0.214. The molecule has 1 aromatic carbocycles. The molecule has 1 aliphatic heterocycles. The van der Waals surface area contributed by atoms with Crippen molar-refractivity contribution in [1.29, 1.82) is 0 Å². The Labute approximate surface area is 186 Å². The molecule has 0 fully saturated rings. The van der Waals surface area contributed by atoms with E-state index in [9.17, 15) is 18.0 Å². The number of aryl methyl sites for hydroxylation is 1. The van der Waals surface area contributed by atoms with Gasteiger partial charge in [0.05, 0.1) is 35.3 Å². The summed E-state index contributed by atoms with van der Waals surface area (Å²) in [5.41, 5.74) is 1.93. The van der Waals surface area contributed by atoms with Crippen LogP contribution in [0.4, 0.5) is 18.9 Å². The molecule has 1 N–H and O–H groups in total. The van der Waals surface area contributed by atoms with E-state index in [1.165, 1.54) is 24.0 Å². The predicted molar refractivity (Wildman–Crippen MR) is 116 cm³/mol. The molecule has 1 aliphatic rings. The van der Waals surface area contributed by atoms with E-state index in [0.717, 1.165) is 6.07 Å². The van der Waals surface area contributed by atoms with Gasteiger partial charge in [-0.25, -0.2) is 4.98 Å². The number of anilines is 1. The molecule has 0 spiro atoms. The van der Waals surface area contributed by atoms with Gasteiger partial charge in [-0.05, 0) is 49.7 Å². The van der Waals surface area contributed by atoms with E-state index < -0.39 is 11.7 Å². The molecule has 168 valence electrons. The Kier molecular flexibility index (Phi) is 4.80. The quantitative estimate of drug-likeness (QED) is 0.480. The van der Waals surface area contributed by atoms with Crippen molar-refractivity contribution < 1.29 is 18.0 Å². The Hall–Kier alpha value is -3.95. The maximum absolute atomic E-state index is 13.5. The molecule has 0 aliphatic carbocycles. The zero-order chi connectivity index (χ0) is 23.3. The third-order valence-corrected chi connectivity index (χ3v) is 5.71. The van der Waals surface area contributed by atoms with Crippen LogP contribution in [-0.4, -0.2) is 37.2 Å². The highest BCUT2D eigenvalue weighted by Crippen LogP contribution is 2.36. The topological polar surface area (TPSA) is 79.7 Å². The second-order valence-corrected chi connectivity index (χ2v) is 7.97. The van der Waals surface area contributed by atoms with Crippen LogP contribution in [0.2, 0.25) is 0 Å². The molecule has 1 amide bonds. The number of imidazole rings is 1. The fourth-order valence-corrected chi connectivity index (χ4v) is 4.11. The van der Waals surface area contributed by atoms with Gasteiger partial charge in [0.15, 0.2) is 5.82 Å². The fraction of sp³-hybridized carbons (Fsp3) is 0.217. The number of amides is 1. The zero-order valence-corrected chi connectivity index (χ0v) is 17.8. The largest absolute Gasteiger partial charge is 0.416 e. The van der Waals surface area contributed by atoms with Crippen LogP contribution < -0.4 is 4.90 Å². The van der Waals surface area contributed by atoms with Gasteiger partial charge < -0.3 is 9.88 Å². The van der Waals surface area contributed by atoms with E-state index in [0.29, 0.717) is 40.7 Å². The molecule has 1 atom stereocenters. The Morgan fingerprint density at radius 1 is 1.12 bits per heavy atom. The minimum Gasteiger partial charge on any atom is -0.337 e. The Morgan fingerprint density at radius 2 is 1.94 bits per heavy atom. The average Bonchev–Trinajstić information content (AvgIpc) is 3.43. The molecule has 7 nitrogen and oxygen atoms in total. The van der Waals surface area contributed by atoms with Gasteiger partial charge in [0, 0.05) is 18.4 Å². The highest BCUT2D eigenvalue weighted by atomic mass is 19.4. The van der Waals surface area contributed by atoms with Gasteiger partial charge in [0.2, 0.25) is 0 Å². The summed E-state index contributed by atoms with van der Waals surface area (Å²) < 4.78 is 41.2. The number of benzene rings is 1. The summed E-state index contributed by atoms with van der Waals surface area (Å²) in [5, 5.41) is 4.40. The lowest BCUT2D eigenvalue weighted by Gasteiger charge is -2.32. The average molecular weight is 452 g/mol. The minimum atomic E-state index is -4.44. The van der Waals surface area contributed by atoms with Crippen LogP contribution >= 0.6 is 0 Å². The molecule has 33 heavy (non-hydrogen) atoms. The number of aromatic nitrogens is 5. The van der Waals surface area contributed by atoms with Crippen molar-refractivity contribution in [3.8, 4) is 22.8 Å². The van der Waals surface area contributed by atoms with Crippen molar-refractivity contribution in [2.75, 3.05) is 11.4 Å². The second kappa shape index (κ2) is 7.58. The van der Waals surface area contributed by atoms with Crippen LogP contribution in [-0.2, 0) is 6.18 Å². The van der Waals surface area contributed by atoms with Crippen LogP contribution in [0.1, 0.15) is 34.6 Å². The van der Waals surface area contributed by atoms with Crippen molar-refractivity contribution in [2.24, 2.45) is 0 Å². The number of carbonyl (C=O) groups excluding carboxylic acids is 1. The summed E-state index contributed by atoms with van der Waals surface area (Å²) in [6, 6.07) is 9.05. The lowest BCUT2D eigenvalue weighted by Crippen LogP contribution is -2.42. The number of alkyl halides is 3. The first-order valence-corrected chi connectivity index (χ1v) is 10.3. The molecular formula is C23H19F3N6O. The van der Waals surface area contributed by atoms with Gasteiger partial charge in [0.25, 0.3) is 5.91 Å². The SMILES string of the molecule is Cc1cc(N2C[C@H](C)n3ncc(-c4cnc(-c5ccccn5)[nH]4)c3C2=O)ccc1C(F)(F)F. The summed E-state index contributed by atoms with van der Waals surface area (Å²) in [4.78, 5) is 26.8. The van der Waals surface area contributed by atoms with Gasteiger partial charge >= 0.3 is 6.18 Å². The number of carbonyl (C=O) groups is 1. The first kappa shape index (κ1) is 20.9. The number of hydrogen-bond donors (Lipinski definition) is 1. The summed E-state index contributed by atoms with van der Waals surface area (Å²) in [7, 11) is 0. The van der Waals surface area contributed by atoms with Crippen LogP contribution in [0.25, 0.3) is 22.8 Å². The minimum absolute atomic E-state index is 0.0633. The number of hydrogen-bond acceptors (Lipinski definition) is 4. The Morgan fingerprint density at radius 3 is 2.64 bits per heavy atom. The fourth-order valence-electron chi connectivity index (χ4n) is 4.11. The number of nitrogens with zero attached hydrogens (tertiary/aromatic N) is 5. The molecule has 0 saturated heterocycles. The monoisotopic (exact) mass is 452 g/mol. The molecule has 0 saturated carbocycles. The van der Waals surface area contributed by atoms with Crippen molar-refractivity contribution >= 4 is 11.6 Å². The summed E-state index contributed by atoms with van der Waals surface area (Å²) in [6.07, 6.45) is 0.427. The molecule has 5 rings (SSSR count). The first-order chi connectivity index (χ1) is 15.7. The van der Waals surface area contributed by atoms with Crippen molar-refractivity contribution in [1.82, 2.24) is 24.7 Å². The van der Waals surface area contributed by atoms with Crippen LogP contribution in [0.15, 0.2) is 55.0 Å². The van der Waals surface area contributed by atoms with Crippen LogP contribution in [0, 0.1) is 6.92 Å². The number of pyridine rings is 1. The van der Waals surface area contributed by atoms with E-state index in [1.54, 1.807) is 29.3 Å². The number of fused-ring (bicyclic) bond motifs is 1. The van der Waals surface area contributed by atoms with Crippen LogP contribution in [0.3, 0.4) is 0 Å². The number of halogens is 3. The smallest absolute Gasteiger partial charge is 0.337 e. The highest BCUT2D eigenvalue weighted by molar-refractivity contribution is 6.09. The molecule has 4 heterocycles. The maximum atomic E-state index is 13.5. The number of nitrogens with one attached hydrogen (secondary N) is 1.